The molecular weight excluding hydrogens is 220 g/mol. The molecule has 1 heterocycles. The predicted octanol–water partition coefficient (Wildman–Crippen LogP) is 3.15. The SMILES string of the molecule is CC/C(=C\C(C)=C(/C)Cl)N[C@@H]1CCCNC1. The molecular formula is C13H23ClN2. The second-order valence-corrected chi connectivity index (χ2v) is 4.99. The number of hydrogen-bond acceptors (Lipinski definition) is 2. The molecule has 0 aromatic carbocycles. The molecule has 0 aromatic heterocycles. The molecule has 1 rings (SSSR count). The van der Waals surface area contributed by atoms with Crippen molar-refractivity contribution in [2.24, 2.45) is 0 Å². The second kappa shape index (κ2) is 6.97. The summed E-state index contributed by atoms with van der Waals surface area (Å²) in [7, 11) is 0. The second-order valence-electron chi connectivity index (χ2n) is 4.43. The maximum atomic E-state index is 5.97. The van der Waals surface area contributed by atoms with Gasteiger partial charge in [0.15, 0.2) is 0 Å². The highest BCUT2D eigenvalue weighted by Gasteiger charge is 2.12. The molecule has 3 heteroatoms. The van der Waals surface area contributed by atoms with Gasteiger partial charge in [0.2, 0.25) is 0 Å². The van der Waals surface area contributed by atoms with Crippen molar-refractivity contribution in [3.8, 4) is 0 Å². The first-order valence-corrected chi connectivity index (χ1v) is 6.52. The molecule has 0 aliphatic carbocycles. The summed E-state index contributed by atoms with van der Waals surface area (Å²) in [6.45, 7) is 8.39. The molecule has 0 spiro atoms. The minimum Gasteiger partial charge on any atom is -0.384 e. The summed E-state index contributed by atoms with van der Waals surface area (Å²) < 4.78 is 0. The molecule has 0 radical (unpaired) electrons. The van der Waals surface area contributed by atoms with Gasteiger partial charge in [-0.2, -0.15) is 0 Å². The third kappa shape index (κ3) is 4.58. The van der Waals surface area contributed by atoms with Crippen molar-refractivity contribution in [1.29, 1.82) is 0 Å². The molecule has 1 aliphatic rings. The van der Waals surface area contributed by atoms with Gasteiger partial charge < -0.3 is 10.6 Å². The number of piperidine rings is 1. The smallest absolute Gasteiger partial charge is 0.0383 e. The van der Waals surface area contributed by atoms with Crippen LogP contribution in [0.25, 0.3) is 0 Å². The van der Waals surface area contributed by atoms with Gasteiger partial charge in [-0.15, -0.1) is 0 Å². The van der Waals surface area contributed by atoms with Gasteiger partial charge in [-0.25, -0.2) is 0 Å². The van der Waals surface area contributed by atoms with Crippen LogP contribution in [0, 0.1) is 0 Å². The Morgan fingerprint density at radius 3 is 2.75 bits per heavy atom. The van der Waals surface area contributed by atoms with Crippen LogP contribution < -0.4 is 10.6 Å². The highest BCUT2D eigenvalue weighted by molar-refractivity contribution is 6.29. The molecule has 0 saturated carbocycles. The first-order valence-electron chi connectivity index (χ1n) is 6.14. The van der Waals surface area contributed by atoms with E-state index in [0.717, 1.165) is 30.1 Å². The van der Waals surface area contributed by atoms with E-state index >= 15 is 0 Å². The molecule has 0 bridgehead atoms. The van der Waals surface area contributed by atoms with E-state index in [2.05, 4.69) is 30.6 Å². The molecule has 1 saturated heterocycles. The molecule has 1 fully saturated rings. The highest BCUT2D eigenvalue weighted by Crippen LogP contribution is 2.13. The fourth-order valence-corrected chi connectivity index (χ4v) is 1.90. The number of allylic oxidation sites excluding steroid dienone is 4. The van der Waals surface area contributed by atoms with Gasteiger partial charge in [0, 0.05) is 23.3 Å². The Bertz CT molecular complexity index is 272. The molecule has 92 valence electrons. The van der Waals surface area contributed by atoms with Crippen molar-refractivity contribution in [3.05, 3.63) is 22.4 Å². The Labute approximate surface area is 104 Å². The van der Waals surface area contributed by atoms with Gasteiger partial charge >= 0.3 is 0 Å². The van der Waals surface area contributed by atoms with E-state index < -0.39 is 0 Å². The normalized spacial score (nSPS) is 24.0. The Hall–Kier alpha value is -0.470. The Morgan fingerprint density at radius 1 is 1.50 bits per heavy atom. The lowest BCUT2D eigenvalue weighted by atomic mass is 10.1. The zero-order valence-corrected chi connectivity index (χ0v) is 11.3. The third-order valence-corrected chi connectivity index (χ3v) is 3.30. The summed E-state index contributed by atoms with van der Waals surface area (Å²) in [6.07, 6.45) is 5.71. The zero-order valence-electron chi connectivity index (χ0n) is 10.6. The quantitative estimate of drug-likeness (QED) is 0.741. The summed E-state index contributed by atoms with van der Waals surface area (Å²) in [5, 5.41) is 7.88. The predicted molar refractivity (Wildman–Crippen MR) is 71.6 cm³/mol. The van der Waals surface area contributed by atoms with Crippen molar-refractivity contribution in [2.45, 2.75) is 46.1 Å². The van der Waals surface area contributed by atoms with Crippen molar-refractivity contribution in [1.82, 2.24) is 10.6 Å². The highest BCUT2D eigenvalue weighted by atomic mass is 35.5. The number of halogens is 1. The van der Waals surface area contributed by atoms with Gasteiger partial charge in [0.25, 0.3) is 0 Å². The lowest BCUT2D eigenvalue weighted by Gasteiger charge is -2.26. The van der Waals surface area contributed by atoms with Gasteiger partial charge in [0.1, 0.15) is 0 Å². The van der Waals surface area contributed by atoms with Gasteiger partial charge in [-0.3, -0.25) is 0 Å². The monoisotopic (exact) mass is 242 g/mol. The largest absolute Gasteiger partial charge is 0.384 e. The topological polar surface area (TPSA) is 24.1 Å². The number of rotatable bonds is 4. The average molecular weight is 243 g/mol. The third-order valence-electron chi connectivity index (χ3n) is 3.00. The Balaban J connectivity index is 2.57. The van der Waals surface area contributed by atoms with E-state index in [9.17, 15) is 0 Å². The average Bonchev–Trinajstić information content (AvgIpc) is 2.29. The zero-order chi connectivity index (χ0) is 12.0. The van der Waals surface area contributed by atoms with E-state index in [4.69, 9.17) is 11.6 Å². The van der Waals surface area contributed by atoms with E-state index in [1.165, 1.54) is 18.5 Å². The summed E-state index contributed by atoms with van der Waals surface area (Å²) in [4.78, 5) is 0. The van der Waals surface area contributed by atoms with Gasteiger partial charge in [-0.05, 0) is 51.3 Å². The molecule has 0 unspecified atom stereocenters. The van der Waals surface area contributed by atoms with Crippen LogP contribution in [0.1, 0.15) is 40.0 Å². The summed E-state index contributed by atoms with van der Waals surface area (Å²) in [5.74, 6) is 0. The van der Waals surface area contributed by atoms with E-state index in [-0.39, 0.29) is 0 Å². The van der Waals surface area contributed by atoms with Crippen LogP contribution in [0.2, 0.25) is 0 Å². The number of hydrogen-bond donors (Lipinski definition) is 2. The first kappa shape index (κ1) is 13.6. The molecule has 0 aromatic rings. The minimum absolute atomic E-state index is 0.573. The molecule has 2 nitrogen and oxygen atoms in total. The van der Waals surface area contributed by atoms with Crippen LogP contribution in [0.5, 0.6) is 0 Å². The lowest BCUT2D eigenvalue weighted by molar-refractivity contribution is 0.411. The minimum atomic E-state index is 0.573. The molecule has 0 amide bonds. The first-order chi connectivity index (χ1) is 7.63. The number of nitrogens with one attached hydrogen (secondary N) is 2. The van der Waals surface area contributed by atoms with Crippen LogP contribution >= 0.6 is 11.6 Å². The fourth-order valence-electron chi connectivity index (χ4n) is 1.84. The van der Waals surface area contributed by atoms with Crippen LogP contribution in [0.4, 0.5) is 0 Å². The maximum absolute atomic E-state index is 5.97. The van der Waals surface area contributed by atoms with E-state index in [0.29, 0.717) is 6.04 Å². The standard InChI is InChI=1S/C13H23ClN2/c1-4-12(8-10(2)11(3)14)16-13-6-5-7-15-9-13/h8,13,15-16H,4-7,9H2,1-3H3/b11-10+,12-8+/t13-/m1/s1. The maximum Gasteiger partial charge on any atom is 0.0383 e. The van der Waals surface area contributed by atoms with Crippen molar-refractivity contribution < 1.29 is 0 Å². The molecule has 1 atom stereocenters. The van der Waals surface area contributed by atoms with Crippen LogP contribution in [-0.2, 0) is 0 Å². The fraction of sp³-hybridized carbons (Fsp3) is 0.692. The summed E-state index contributed by atoms with van der Waals surface area (Å²) in [5.41, 5.74) is 2.43. The Morgan fingerprint density at radius 2 is 2.25 bits per heavy atom. The van der Waals surface area contributed by atoms with Crippen LogP contribution in [0.3, 0.4) is 0 Å². The van der Waals surface area contributed by atoms with Crippen molar-refractivity contribution in [3.63, 3.8) is 0 Å². The summed E-state index contributed by atoms with van der Waals surface area (Å²) in [6, 6.07) is 0.573. The summed E-state index contributed by atoms with van der Waals surface area (Å²) >= 11 is 5.97. The van der Waals surface area contributed by atoms with Crippen LogP contribution in [0.15, 0.2) is 22.4 Å². The molecule has 16 heavy (non-hydrogen) atoms. The van der Waals surface area contributed by atoms with Crippen LogP contribution in [-0.4, -0.2) is 19.1 Å². The van der Waals surface area contributed by atoms with E-state index in [1.54, 1.807) is 0 Å². The van der Waals surface area contributed by atoms with Crippen molar-refractivity contribution in [2.75, 3.05) is 13.1 Å². The lowest BCUT2D eigenvalue weighted by Crippen LogP contribution is -2.42. The molecule has 1 aliphatic heterocycles. The Kier molecular flexibility index (Phi) is 5.93. The van der Waals surface area contributed by atoms with Gasteiger partial charge in [0.05, 0.1) is 0 Å². The van der Waals surface area contributed by atoms with Gasteiger partial charge in [-0.1, -0.05) is 18.5 Å². The van der Waals surface area contributed by atoms with Crippen molar-refractivity contribution >= 4 is 11.6 Å². The molecule has 2 N–H and O–H groups in total. The van der Waals surface area contributed by atoms with E-state index in [1.807, 2.05) is 6.92 Å².